The van der Waals surface area contributed by atoms with Crippen LogP contribution in [0.25, 0.3) is 0 Å². The van der Waals surface area contributed by atoms with Gasteiger partial charge in [-0.15, -0.1) is 0 Å². The first-order valence-electron chi connectivity index (χ1n) is 0. The van der Waals surface area contributed by atoms with E-state index in [9.17, 15) is 0 Å². The zero-order valence-corrected chi connectivity index (χ0v) is 11.1. The molecule has 0 bridgehead atoms. The Labute approximate surface area is 110 Å². The summed E-state index contributed by atoms with van der Waals surface area (Å²) in [4.78, 5) is 0. The summed E-state index contributed by atoms with van der Waals surface area (Å²) >= 11 is 0. The van der Waals surface area contributed by atoms with E-state index in [2.05, 4.69) is 0 Å². The zero-order chi connectivity index (χ0) is 0. The molecule has 0 amide bonds. The molecule has 0 unspecified atom stereocenters. The molecule has 0 spiro atoms. The molecule has 0 fully saturated rings. The summed E-state index contributed by atoms with van der Waals surface area (Å²) in [6, 6.07) is 0. The van der Waals surface area contributed by atoms with Gasteiger partial charge in [0, 0.05) is 21.1 Å². The molecule has 0 radical (unpaired) electrons. The van der Waals surface area contributed by atoms with Crippen molar-refractivity contribution in [2.45, 2.75) is 0 Å². The average molecular weight is 233 g/mol. The molecule has 0 aliphatic rings. The van der Waals surface area contributed by atoms with Gasteiger partial charge in [0.25, 0.3) is 0 Å². The van der Waals surface area contributed by atoms with Crippen LogP contribution in [0.2, 0.25) is 0 Å². The van der Waals surface area contributed by atoms with Gasteiger partial charge in [-0.25, -0.2) is 0 Å². The molecular formula is H13MoNNa2O4. The Kier molecular flexibility index (Phi) is 2100. The third kappa shape index (κ3) is 76.9. The largest absolute Gasteiger partial charge is 1.00 e. The Hall–Kier alpha value is 2.49. The summed E-state index contributed by atoms with van der Waals surface area (Å²) < 4.78 is 0. The van der Waals surface area contributed by atoms with Gasteiger partial charge in [0.2, 0.25) is 0 Å². The van der Waals surface area contributed by atoms with Crippen molar-refractivity contribution in [2.24, 2.45) is 0 Å². The summed E-state index contributed by atoms with van der Waals surface area (Å²) in [5.41, 5.74) is 0. The molecule has 0 aliphatic carbocycles. The van der Waals surface area contributed by atoms with E-state index in [0.29, 0.717) is 0 Å². The smallest absolute Gasteiger partial charge is 1.00 e. The second kappa shape index (κ2) is 110. The molecule has 11 N–H and O–H groups in total. The Morgan fingerprint density at radius 1 is 0.625 bits per heavy atom. The standard InChI is InChI=1S/Mo.H3N.2Na.4H2O.2H/h;1H3;;;4*1H2;;/q;;2*+1;;;;;2*-1. The fraction of sp³-hybridized carbons (Fsp3) is 0. The van der Waals surface area contributed by atoms with Crippen LogP contribution in [-0.4, -0.2) is 21.9 Å². The molecular weight excluding hydrogens is 220 g/mol. The number of rotatable bonds is 0. The van der Waals surface area contributed by atoms with E-state index in [4.69, 9.17) is 0 Å². The van der Waals surface area contributed by atoms with Gasteiger partial charge >= 0.3 is 59.1 Å². The first-order valence-corrected chi connectivity index (χ1v) is 0. The van der Waals surface area contributed by atoms with E-state index in [-0.39, 0.29) is 111 Å². The Balaban J connectivity index is 0. The zero-order valence-electron chi connectivity index (χ0n) is 7.12. The van der Waals surface area contributed by atoms with E-state index < -0.39 is 0 Å². The molecule has 0 saturated heterocycles. The van der Waals surface area contributed by atoms with Crippen LogP contribution in [0, 0.1) is 0 Å². The van der Waals surface area contributed by atoms with Crippen LogP contribution < -0.4 is 65.3 Å². The molecule has 0 heterocycles. The first kappa shape index (κ1) is 153. The predicted octanol–water partition coefficient (Wildman–Crippen LogP) is -8.91. The maximum atomic E-state index is 0. The van der Waals surface area contributed by atoms with Gasteiger partial charge in [-0.05, 0) is 0 Å². The monoisotopic (exact) mass is 235 g/mol. The number of hydrogen-bond donors (Lipinski definition) is 1. The van der Waals surface area contributed by atoms with Crippen molar-refractivity contribution >= 4 is 0 Å². The van der Waals surface area contributed by atoms with Crippen molar-refractivity contribution in [1.29, 1.82) is 0 Å². The third-order valence-corrected chi connectivity index (χ3v) is 0. The summed E-state index contributed by atoms with van der Waals surface area (Å²) in [6.07, 6.45) is 0. The molecule has 0 atom stereocenters. The van der Waals surface area contributed by atoms with Gasteiger partial charge in [-0.1, -0.05) is 0 Å². The van der Waals surface area contributed by atoms with Crippen molar-refractivity contribution in [1.82, 2.24) is 6.15 Å². The van der Waals surface area contributed by atoms with Crippen LogP contribution >= 0.6 is 0 Å². The summed E-state index contributed by atoms with van der Waals surface area (Å²) in [5.74, 6) is 0. The minimum absolute atomic E-state index is 0. The second-order valence-corrected chi connectivity index (χ2v) is 0. The van der Waals surface area contributed by atoms with Crippen LogP contribution in [-0.2, 0) is 21.1 Å². The number of hydrogen-bond acceptors (Lipinski definition) is 1. The molecule has 0 rings (SSSR count). The molecule has 0 aliphatic heterocycles. The van der Waals surface area contributed by atoms with Gasteiger partial charge in [-0.2, -0.15) is 0 Å². The van der Waals surface area contributed by atoms with Gasteiger partial charge in [0.1, 0.15) is 0 Å². The molecule has 0 aromatic heterocycles. The van der Waals surface area contributed by atoms with Crippen molar-refractivity contribution < 1.29 is 105 Å². The van der Waals surface area contributed by atoms with Crippen molar-refractivity contribution in [3.63, 3.8) is 0 Å². The van der Waals surface area contributed by atoms with Crippen LogP contribution in [0.15, 0.2) is 0 Å². The van der Waals surface area contributed by atoms with Crippen LogP contribution in [0.1, 0.15) is 2.85 Å². The Bertz CT molecular complexity index is 21.2. The molecule has 0 aromatic rings. The summed E-state index contributed by atoms with van der Waals surface area (Å²) in [5, 5.41) is 0. The first-order chi connectivity index (χ1) is 0. The quantitative estimate of drug-likeness (QED) is 0.404. The van der Waals surface area contributed by atoms with Crippen LogP contribution in [0.3, 0.4) is 0 Å². The van der Waals surface area contributed by atoms with E-state index in [1.165, 1.54) is 0 Å². The SMILES string of the molecule is N.O.O.O.O.[H-].[H-].[Mo].[Na+].[Na+]. The fourth-order valence-corrected chi connectivity index (χ4v) is 0. The third-order valence-electron chi connectivity index (χ3n) is 0. The Morgan fingerprint density at radius 3 is 0.625 bits per heavy atom. The predicted molar refractivity (Wildman–Crippen MR) is 21.7 cm³/mol. The van der Waals surface area contributed by atoms with Crippen LogP contribution in [0.5, 0.6) is 0 Å². The van der Waals surface area contributed by atoms with E-state index >= 15 is 0 Å². The van der Waals surface area contributed by atoms with Crippen molar-refractivity contribution in [2.75, 3.05) is 0 Å². The van der Waals surface area contributed by atoms with Gasteiger partial charge in [-0.3, -0.25) is 0 Å². The van der Waals surface area contributed by atoms with Crippen LogP contribution in [0.4, 0.5) is 0 Å². The van der Waals surface area contributed by atoms with Gasteiger partial charge in [0.15, 0.2) is 0 Å². The maximum Gasteiger partial charge on any atom is 1.00 e. The summed E-state index contributed by atoms with van der Waals surface area (Å²) in [7, 11) is 0. The maximum absolute atomic E-state index is 0. The van der Waals surface area contributed by atoms with E-state index in [0.717, 1.165) is 0 Å². The van der Waals surface area contributed by atoms with E-state index in [1.54, 1.807) is 0 Å². The van der Waals surface area contributed by atoms with E-state index in [1.807, 2.05) is 0 Å². The molecule has 0 saturated carbocycles. The normalized spacial score (nSPS) is 0. The molecule has 0 aromatic carbocycles. The molecule has 50 valence electrons. The topological polar surface area (TPSA) is 161 Å². The minimum atomic E-state index is 0. The van der Waals surface area contributed by atoms with Gasteiger partial charge in [0.05, 0.1) is 0 Å². The summed E-state index contributed by atoms with van der Waals surface area (Å²) in [6.45, 7) is 0. The minimum Gasteiger partial charge on any atom is -1.00 e. The molecule has 8 heavy (non-hydrogen) atoms. The molecule has 5 nitrogen and oxygen atoms in total. The fourth-order valence-electron chi connectivity index (χ4n) is 0. The van der Waals surface area contributed by atoms with Crippen molar-refractivity contribution in [3.05, 3.63) is 0 Å². The average Bonchev–Trinajstić information content (AvgIpc) is 0. The Morgan fingerprint density at radius 2 is 0.625 bits per heavy atom. The molecule has 8 heteroatoms. The van der Waals surface area contributed by atoms with Gasteiger partial charge < -0.3 is 30.9 Å². The van der Waals surface area contributed by atoms with Crippen molar-refractivity contribution in [3.8, 4) is 0 Å². The second-order valence-electron chi connectivity index (χ2n) is 0.